The fourth-order valence-electron chi connectivity index (χ4n) is 2.01. The summed E-state index contributed by atoms with van der Waals surface area (Å²) in [5.41, 5.74) is 7.95. The van der Waals surface area contributed by atoms with Crippen molar-refractivity contribution in [1.29, 1.82) is 0 Å². The topological polar surface area (TPSA) is 73.8 Å². The summed E-state index contributed by atoms with van der Waals surface area (Å²) >= 11 is 0. The highest BCUT2D eigenvalue weighted by Crippen LogP contribution is 2.23. The maximum atomic E-state index is 5.79. The van der Waals surface area contributed by atoms with Crippen LogP contribution in [0.4, 0.5) is 11.7 Å². The van der Waals surface area contributed by atoms with E-state index < -0.39 is 0 Å². The summed E-state index contributed by atoms with van der Waals surface area (Å²) in [6, 6.07) is 6.04. The van der Waals surface area contributed by atoms with Crippen molar-refractivity contribution in [2.24, 2.45) is 0 Å². The van der Waals surface area contributed by atoms with E-state index in [2.05, 4.69) is 4.98 Å². The average Bonchev–Trinajstić information content (AvgIpc) is 2.88. The number of hydrogen-bond donors (Lipinski definition) is 1. The van der Waals surface area contributed by atoms with Gasteiger partial charge in [0.2, 0.25) is 0 Å². The third kappa shape index (κ3) is 4.34. The molecule has 0 saturated carbocycles. The molecule has 1 aromatic carbocycles. The molecule has 1 aromatic heterocycles. The number of ether oxygens (including phenoxy) is 2. The summed E-state index contributed by atoms with van der Waals surface area (Å²) in [7, 11) is 0. The first-order chi connectivity index (χ1) is 10.2. The molecule has 1 heterocycles. The van der Waals surface area contributed by atoms with Crippen LogP contribution in [0.25, 0.3) is 11.1 Å². The van der Waals surface area contributed by atoms with Crippen molar-refractivity contribution >= 4 is 22.8 Å². The number of nitrogens with zero attached hydrogens (tertiary/aromatic N) is 2. The van der Waals surface area contributed by atoms with Crippen LogP contribution in [0, 0.1) is 0 Å². The number of aromatic nitrogens is 1. The second-order valence-corrected chi connectivity index (χ2v) is 4.60. The number of nitrogen functional groups attached to an aromatic ring is 1. The summed E-state index contributed by atoms with van der Waals surface area (Å²) in [6.07, 6.45) is 0. The van der Waals surface area contributed by atoms with E-state index in [1.807, 2.05) is 36.9 Å². The predicted molar refractivity (Wildman–Crippen MR) is 83.6 cm³/mol. The maximum absolute atomic E-state index is 5.79. The molecule has 0 amide bonds. The van der Waals surface area contributed by atoms with E-state index in [-0.39, 0.29) is 0 Å². The highest BCUT2D eigenvalue weighted by molar-refractivity contribution is 5.78. The SMILES string of the molecule is CCOCCN(CCOCC)c1nc2cc(N)ccc2o1. The van der Waals surface area contributed by atoms with Gasteiger partial charge < -0.3 is 24.5 Å². The first-order valence-corrected chi connectivity index (χ1v) is 7.31. The molecule has 0 fully saturated rings. The van der Waals surface area contributed by atoms with Crippen LogP contribution in [0.2, 0.25) is 0 Å². The van der Waals surface area contributed by atoms with Crippen molar-refractivity contribution in [3.63, 3.8) is 0 Å². The third-order valence-electron chi connectivity index (χ3n) is 3.09. The van der Waals surface area contributed by atoms with Gasteiger partial charge in [0.15, 0.2) is 5.58 Å². The lowest BCUT2D eigenvalue weighted by Crippen LogP contribution is -2.31. The smallest absolute Gasteiger partial charge is 0.298 e. The van der Waals surface area contributed by atoms with Crippen molar-refractivity contribution in [2.45, 2.75) is 13.8 Å². The third-order valence-corrected chi connectivity index (χ3v) is 3.09. The molecule has 2 N–H and O–H groups in total. The van der Waals surface area contributed by atoms with Gasteiger partial charge in [-0.1, -0.05) is 0 Å². The summed E-state index contributed by atoms with van der Waals surface area (Å²) < 4.78 is 16.6. The molecule has 0 spiro atoms. The molecule has 21 heavy (non-hydrogen) atoms. The van der Waals surface area contributed by atoms with Gasteiger partial charge in [-0.15, -0.1) is 0 Å². The van der Waals surface area contributed by atoms with Crippen molar-refractivity contribution in [2.75, 3.05) is 50.2 Å². The minimum Gasteiger partial charge on any atom is -0.423 e. The molecule has 0 saturated heterocycles. The molecule has 2 aromatic rings. The van der Waals surface area contributed by atoms with Crippen molar-refractivity contribution in [3.8, 4) is 0 Å². The summed E-state index contributed by atoms with van der Waals surface area (Å²) in [4.78, 5) is 6.53. The molecule has 0 unspecified atom stereocenters. The van der Waals surface area contributed by atoms with E-state index in [0.29, 0.717) is 51.2 Å². The molecule has 6 nitrogen and oxygen atoms in total. The van der Waals surface area contributed by atoms with E-state index >= 15 is 0 Å². The van der Waals surface area contributed by atoms with E-state index in [1.165, 1.54) is 0 Å². The fraction of sp³-hybridized carbons (Fsp3) is 0.533. The van der Waals surface area contributed by atoms with Gasteiger partial charge in [0.25, 0.3) is 6.01 Å². The Bertz CT molecular complexity index is 546. The molecule has 0 radical (unpaired) electrons. The normalized spacial score (nSPS) is 11.1. The van der Waals surface area contributed by atoms with Crippen LogP contribution < -0.4 is 10.6 Å². The molecule has 6 heteroatoms. The van der Waals surface area contributed by atoms with E-state index in [1.54, 1.807) is 0 Å². The van der Waals surface area contributed by atoms with Gasteiger partial charge >= 0.3 is 0 Å². The predicted octanol–water partition coefficient (Wildman–Crippen LogP) is 2.29. The standard InChI is InChI=1S/C15H23N3O3/c1-3-19-9-7-18(8-10-20-4-2)15-17-13-11-12(16)5-6-14(13)21-15/h5-6,11H,3-4,7-10,16H2,1-2H3. The lowest BCUT2D eigenvalue weighted by molar-refractivity contribution is 0.140. The first-order valence-electron chi connectivity index (χ1n) is 7.31. The first kappa shape index (κ1) is 15.6. The van der Waals surface area contributed by atoms with Gasteiger partial charge in [0.05, 0.1) is 13.2 Å². The zero-order valence-electron chi connectivity index (χ0n) is 12.7. The fourth-order valence-corrected chi connectivity index (χ4v) is 2.01. The number of anilines is 2. The Hall–Kier alpha value is -1.79. The van der Waals surface area contributed by atoms with E-state index in [9.17, 15) is 0 Å². The highest BCUT2D eigenvalue weighted by atomic mass is 16.5. The van der Waals surface area contributed by atoms with Crippen LogP contribution in [0.3, 0.4) is 0 Å². The Kier molecular flexibility index (Phi) is 5.83. The molecular formula is C15H23N3O3. The van der Waals surface area contributed by atoms with Crippen molar-refractivity contribution in [1.82, 2.24) is 4.98 Å². The van der Waals surface area contributed by atoms with E-state index in [0.717, 1.165) is 11.1 Å². The number of fused-ring (bicyclic) bond motifs is 1. The Balaban J connectivity index is 2.11. The second kappa shape index (κ2) is 7.85. The summed E-state index contributed by atoms with van der Waals surface area (Å²) in [5, 5.41) is 0. The van der Waals surface area contributed by atoms with Crippen LogP contribution in [-0.2, 0) is 9.47 Å². The molecule has 2 rings (SSSR count). The van der Waals surface area contributed by atoms with E-state index in [4.69, 9.17) is 19.6 Å². The number of nitrogens with two attached hydrogens (primary N) is 1. The lowest BCUT2D eigenvalue weighted by atomic mass is 10.3. The molecule has 0 atom stereocenters. The van der Waals surface area contributed by atoms with Gasteiger partial charge in [-0.05, 0) is 32.0 Å². The van der Waals surface area contributed by atoms with Crippen molar-refractivity contribution < 1.29 is 13.9 Å². The zero-order valence-corrected chi connectivity index (χ0v) is 12.7. The maximum Gasteiger partial charge on any atom is 0.298 e. The largest absolute Gasteiger partial charge is 0.423 e. The van der Waals surface area contributed by atoms with Gasteiger partial charge in [0.1, 0.15) is 5.52 Å². The number of rotatable bonds is 9. The zero-order chi connectivity index (χ0) is 15.1. The van der Waals surface area contributed by atoms with Crippen LogP contribution in [-0.4, -0.2) is 44.5 Å². The van der Waals surface area contributed by atoms with Crippen LogP contribution in [0.1, 0.15) is 13.8 Å². The number of oxazole rings is 1. The van der Waals surface area contributed by atoms with Gasteiger partial charge in [-0.25, -0.2) is 0 Å². The highest BCUT2D eigenvalue weighted by Gasteiger charge is 2.14. The Morgan fingerprint density at radius 2 is 1.81 bits per heavy atom. The van der Waals surface area contributed by atoms with Crippen LogP contribution in [0.15, 0.2) is 22.6 Å². The molecule has 116 valence electrons. The minimum atomic E-state index is 0.579. The molecule has 0 aliphatic carbocycles. The van der Waals surface area contributed by atoms with Gasteiger partial charge in [0, 0.05) is 32.0 Å². The molecular weight excluding hydrogens is 270 g/mol. The lowest BCUT2D eigenvalue weighted by Gasteiger charge is -2.20. The Morgan fingerprint density at radius 3 is 2.43 bits per heavy atom. The number of hydrogen-bond acceptors (Lipinski definition) is 6. The van der Waals surface area contributed by atoms with Crippen LogP contribution >= 0.6 is 0 Å². The Morgan fingerprint density at radius 1 is 1.14 bits per heavy atom. The van der Waals surface area contributed by atoms with Crippen LogP contribution in [0.5, 0.6) is 0 Å². The molecule has 0 bridgehead atoms. The monoisotopic (exact) mass is 293 g/mol. The molecule has 0 aliphatic rings. The summed E-state index contributed by atoms with van der Waals surface area (Å²) in [6.45, 7) is 8.03. The summed E-state index contributed by atoms with van der Waals surface area (Å²) in [5.74, 6) is 0. The van der Waals surface area contributed by atoms with Crippen molar-refractivity contribution in [3.05, 3.63) is 18.2 Å². The molecule has 0 aliphatic heterocycles. The Labute approximate surface area is 124 Å². The number of benzene rings is 1. The minimum absolute atomic E-state index is 0.579. The van der Waals surface area contributed by atoms with Gasteiger partial charge in [-0.2, -0.15) is 4.98 Å². The average molecular weight is 293 g/mol. The van der Waals surface area contributed by atoms with Gasteiger partial charge in [-0.3, -0.25) is 0 Å². The quantitative estimate of drug-likeness (QED) is 0.565. The second-order valence-electron chi connectivity index (χ2n) is 4.60.